The van der Waals surface area contributed by atoms with E-state index in [1.54, 1.807) is 17.4 Å². The monoisotopic (exact) mass is 299 g/mol. The molecule has 0 aliphatic heterocycles. The highest BCUT2D eigenvalue weighted by Gasteiger charge is 2.31. The minimum atomic E-state index is -0.552. The van der Waals surface area contributed by atoms with E-state index in [4.69, 9.17) is 0 Å². The lowest BCUT2D eigenvalue weighted by Gasteiger charge is -2.16. The molecule has 2 atom stereocenters. The van der Waals surface area contributed by atoms with Crippen LogP contribution in [-0.4, -0.2) is 17.1 Å². The summed E-state index contributed by atoms with van der Waals surface area (Å²) in [5.41, 5.74) is 2.12. The molecule has 2 unspecified atom stereocenters. The summed E-state index contributed by atoms with van der Waals surface area (Å²) in [6, 6.07) is 11.5. The predicted molar refractivity (Wildman–Crippen MR) is 85.1 cm³/mol. The Kier molecular flexibility index (Phi) is 3.90. The lowest BCUT2D eigenvalue weighted by Crippen LogP contribution is -2.32. The van der Waals surface area contributed by atoms with E-state index < -0.39 is 6.10 Å². The van der Waals surface area contributed by atoms with Gasteiger partial charge in [-0.3, -0.25) is 4.79 Å². The molecule has 1 heterocycles. The summed E-state index contributed by atoms with van der Waals surface area (Å²) in [5, 5.41) is 13.0. The van der Waals surface area contributed by atoms with Gasteiger partial charge in [-0.05, 0) is 36.3 Å². The molecule has 3 nitrogen and oxygen atoms in total. The van der Waals surface area contributed by atoms with Gasteiger partial charge in [-0.2, -0.15) is 0 Å². The quantitative estimate of drug-likeness (QED) is 0.856. The highest BCUT2D eigenvalue weighted by Crippen LogP contribution is 2.31. The predicted octanol–water partition coefficient (Wildman–Crippen LogP) is 2.84. The van der Waals surface area contributed by atoms with Gasteiger partial charge in [0.1, 0.15) is 0 Å². The number of thiophene rings is 1. The van der Waals surface area contributed by atoms with Gasteiger partial charge in [0.25, 0.3) is 0 Å². The third-order valence-corrected chi connectivity index (χ3v) is 4.63. The third-order valence-electron chi connectivity index (χ3n) is 3.66. The second-order valence-corrected chi connectivity index (χ2v) is 6.56. The Morgan fingerprint density at radius 3 is 2.90 bits per heavy atom. The summed E-state index contributed by atoms with van der Waals surface area (Å²) in [4.78, 5) is 14.3. The second-order valence-electron chi connectivity index (χ2n) is 5.24. The first-order valence-electron chi connectivity index (χ1n) is 6.94. The molecule has 1 aromatic carbocycles. The highest BCUT2D eigenvalue weighted by atomic mass is 32.1. The molecule has 0 fully saturated rings. The van der Waals surface area contributed by atoms with Gasteiger partial charge in [0, 0.05) is 22.3 Å². The average molecular weight is 299 g/mol. The van der Waals surface area contributed by atoms with E-state index >= 15 is 0 Å². The van der Waals surface area contributed by atoms with Crippen LogP contribution in [0.3, 0.4) is 0 Å². The van der Waals surface area contributed by atoms with Crippen LogP contribution in [0.25, 0.3) is 6.08 Å². The molecule has 108 valence electrons. The van der Waals surface area contributed by atoms with Crippen molar-refractivity contribution in [2.75, 3.05) is 0 Å². The van der Waals surface area contributed by atoms with Crippen molar-refractivity contribution in [1.82, 2.24) is 5.32 Å². The summed E-state index contributed by atoms with van der Waals surface area (Å²) in [7, 11) is 0. The van der Waals surface area contributed by atoms with Gasteiger partial charge in [0.15, 0.2) is 0 Å². The molecule has 0 spiro atoms. The van der Waals surface area contributed by atoms with Crippen molar-refractivity contribution < 1.29 is 9.90 Å². The maximum atomic E-state index is 12.0. The molecule has 0 bridgehead atoms. The zero-order chi connectivity index (χ0) is 14.8. The summed E-state index contributed by atoms with van der Waals surface area (Å²) < 4.78 is 0. The van der Waals surface area contributed by atoms with Gasteiger partial charge in [0.05, 0.1) is 12.1 Å². The van der Waals surface area contributed by atoms with Crippen molar-refractivity contribution in [2.24, 2.45) is 0 Å². The minimum Gasteiger partial charge on any atom is -0.390 e. The lowest BCUT2D eigenvalue weighted by molar-refractivity contribution is -0.117. The number of carbonyl (C=O) groups excluding carboxylic acids is 1. The number of hydrogen-bond acceptors (Lipinski definition) is 3. The number of rotatable bonds is 3. The third kappa shape index (κ3) is 3.06. The second kappa shape index (κ2) is 5.84. The average Bonchev–Trinajstić information content (AvgIpc) is 3.01. The van der Waals surface area contributed by atoms with Gasteiger partial charge >= 0.3 is 0 Å². The fourth-order valence-electron chi connectivity index (χ4n) is 2.65. The summed E-state index contributed by atoms with van der Waals surface area (Å²) in [5.74, 6) is -0.179. The molecule has 0 saturated heterocycles. The molecular weight excluding hydrogens is 282 g/mol. The van der Waals surface area contributed by atoms with Crippen molar-refractivity contribution in [2.45, 2.75) is 25.5 Å². The molecule has 1 aromatic heterocycles. The molecule has 2 N–H and O–H groups in total. The summed E-state index contributed by atoms with van der Waals surface area (Å²) in [6.45, 7) is 2.04. The molecule has 3 rings (SSSR count). The first-order valence-corrected chi connectivity index (χ1v) is 7.76. The molecule has 1 aliphatic rings. The van der Waals surface area contributed by atoms with E-state index in [-0.39, 0.29) is 11.9 Å². The molecule has 4 heteroatoms. The number of benzene rings is 1. The van der Waals surface area contributed by atoms with Crippen LogP contribution in [0, 0.1) is 6.92 Å². The van der Waals surface area contributed by atoms with Crippen LogP contribution < -0.4 is 5.32 Å². The highest BCUT2D eigenvalue weighted by molar-refractivity contribution is 7.12. The fourth-order valence-corrected chi connectivity index (χ4v) is 3.43. The largest absolute Gasteiger partial charge is 0.390 e. The molecule has 21 heavy (non-hydrogen) atoms. The smallest absolute Gasteiger partial charge is 0.244 e. The van der Waals surface area contributed by atoms with E-state index in [2.05, 4.69) is 5.32 Å². The van der Waals surface area contributed by atoms with E-state index in [0.29, 0.717) is 6.42 Å². The molecule has 0 radical (unpaired) electrons. The standard InChI is InChI=1S/C17H17NO2S/c1-11-6-7-13(21-11)8-9-16(20)18-17-14-5-3-2-4-12(14)10-15(17)19/h2-9,15,17,19H,10H2,1H3,(H,18,20). The van der Waals surface area contributed by atoms with E-state index in [1.807, 2.05) is 43.3 Å². The fraction of sp³-hybridized carbons (Fsp3) is 0.235. The summed E-state index contributed by atoms with van der Waals surface area (Å²) in [6.07, 6.45) is 3.37. The van der Waals surface area contributed by atoms with Crippen LogP contribution in [-0.2, 0) is 11.2 Å². The Balaban J connectivity index is 1.69. The zero-order valence-electron chi connectivity index (χ0n) is 11.7. The minimum absolute atomic E-state index is 0.179. The van der Waals surface area contributed by atoms with E-state index in [0.717, 1.165) is 16.0 Å². The Morgan fingerprint density at radius 1 is 1.33 bits per heavy atom. The Hall–Kier alpha value is -1.91. The van der Waals surface area contributed by atoms with Gasteiger partial charge in [-0.15, -0.1) is 11.3 Å². The maximum absolute atomic E-state index is 12.0. The number of aryl methyl sites for hydroxylation is 1. The molecule has 2 aromatic rings. The topological polar surface area (TPSA) is 49.3 Å². The number of fused-ring (bicyclic) bond motifs is 1. The van der Waals surface area contributed by atoms with Crippen molar-refractivity contribution in [3.8, 4) is 0 Å². The van der Waals surface area contributed by atoms with Crippen LogP contribution in [0.2, 0.25) is 0 Å². The van der Waals surface area contributed by atoms with Crippen molar-refractivity contribution in [3.05, 3.63) is 63.4 Å². The number of carbonyl (C=O) groups is 1. The van der Waals surface area contributed by atoms with E-state index in [1.165, 1.54) is 11.0 Å². The normalized spacial score (nSPS) is 20.7. The van der Waals surface area contributed by atoms with Crippen LogP contribution >= 0.6 is 11.3 Å². The van der Waals surface area contributed by atoms with Crippen LogP contribution in [0.5, 0.6) is 0 Å². The Bertz CT molecular complexity index is 690. The van der Waals surface area contributed by atoms with E-state index in [9.17, 15) is 9.90 Å². The Labute approximate surface area is 127 Å². The maximum Gasteiger partial charge on any atom is 0.244 e. The number of aliphatic hydroxyl groups excluding tert-OH is 1. The SMILES string of the molecule is Cc1ccc(C=CC(=O)NC2c3ccccc3CC2O)s1. The van der Waals surface area contributed by atoms with Crippen LogP contribution in [0.1, 0.15) is 26.9 Å². The van der Waals surface area contributed by atoms with Gasteiger partial charge in [0.2, 0.25) is 5.91 Å². The first-order chi connectivity index (χ1) is 10.1. The van der Waals surface area contributed by atoms with Gasteiger partial charge in [-0.1, -0.05) is 24.3 Å². The number of hydrogen-bond donors (Lipinski definition) is 2. The van der Waals surface area contributed by atoms with Crippen molar-refractivity contribution in [3.63, 3.8) is 0 Å². The molecule has 1 aliphatic carbocycles. The number of nitrogens with one attached hydrogen (secondary N) is 1. The van der Waals surface area contributed by atoms with Crippen molar-refractivity contribution >= 4 is 23.3 Å². The number of aliphatic hydroxyl groups is 1. The molecule has 0 saturated carbocycles. The van der Waals surface area contributed by atoms with Gasteiger partial charge < -0.3 is 10.4 Å². The van der Waals surface area contributed by atoms with Crippen LogP contribution in [0.4, 0.5) is 0 Å². The van der Waals surface area contributed by atoms with Gasteiger partial charge in [-0.25, -0.2) is 0 Å². The van der Waals surface area contributed by atoms with Crippen molar-refractivity contribution in [1.29, 1.82) is 0 Å². The number of amides is 1. The summed E-state index contributed by atoms with van der Waals surface area (Å²) >= 11 is 1.65. The van der Waals surface area contributed by atoms with Crippen LogP contribution in [0.15, 0.2) is 42.5 Å². The Morgan fingerprint density at radius 2 is 2.14 bits per heavy atom. The molecule has 1 amide bonds. The lowest BCUT2D eigenvalue weighted by atomic mass is 10.1. The first kappa shape index (κ1) is 14.0. The molecular formula is C17H17NO2S. The zero-order valence-corrected chi connectivity index (χ0v) is 12.6.